The summed E-state index contributed by atoms with van der Waals surface area (Å²) < 4.78 is 5.44. The van der Waals surface area contributed by atoms with Crippen molar-refractivity contribution in [1.82, 2.24) is 4.98 Å². The number of hydrogen-bond donors (Lipinski definition) is 2. The molecular formula is C21H20ClN3O2. The minimum absolute atomic E-state index is 0.0864. The van der Waals surface area contributed by atoms with Gasteiger partial charge >= 0.3 is 0 Å². The number of anilines is 3. The van der Waals surface area contributed by atoms with E-state index in [4.69, 9.17) is 16.3 Å². The van der Waals surface area contributed by atoms with Crippen molar-refractivity contribution >= 4 is 45.6 Å². The summed E-state index contributed by atoms with van der Waals surface area (Å²) in [5.41, 5.74) is 3.56. The summed E-state index contributed by atoms with van der Waals surface area (Å²) in [6, 6.07) is 15.2. The summed E-state index contributed by atoms with van der Waals surface area (Å²) >= 11 is 6.04. The molecule has 0 bridgehead atoms. The van der Waals surface area contributed by atoms with Crippen molar-refractivity contribution in [2.75, 3.05) is 17.2 Å². The second-order valence-electron chi connectivity index (χ2n) is 6.68. The number of rotatable bonds is 4. The van der Waals surface area contributed by atoms with Crippen molar-refractivity contribution in [3.8, 4) is 0 Å². The fourth-order valence-electron chi connectivity index (χ4n) is 3.26. The van der Waals surface area contributed by atoms with Crippen molar-refractivity contribution < 1.29 is 9.53 Å². The van der Waals surface area contributed by atoms with E-state index in [0.717, 1.165) is 46.5 Å². The first-order chi connectivity index (χ1) is 13.1. The van der Waals surface area contributed by atoms with Gasteiger partial charge in [-0.15, -0.1) is 0 Å². The maximum Gasteiger partial charge on any atom is 0.253 e. The molecule has 0 radical (unpaired) electrons. The fourth-order valence-corrected chi connectivity index (χ4v) is 3.45. The highest BCUT2D eigenvalue weighted by Gasteiger charge is 2.23. The highest BCUT2D eigenvalue weighted by molar-refractivity contribution is 6.30. The first-order valence-corrected chi connectivity index (χ1v) is 9.33. The van der Waals surface area contributed by atoms with E-state index >= 15 is 0 Å². The van der Waals surface area contributed by atoms with Gasteiger partial charge in [-0.1, -0.05) is 17.7 Å². The van der Waals surface area contributed by atoms with Crippen molar-refractivity contribution in [2.24, 2.45) is 0 Å². The van der Waals surface area contributed by atoms with Gasteiger partial charge in [0.05, 0.1) is 5.52 Å². The number of amides is 1. The minimum atomic E-state index is -0.343. The molecule has 4 rings (SSSR count). The van der Waals surface area contributed by atoms with Gasteiger partial charge < -0.3 is 15.4 Å². The van der Waals surface area contributed by atoms with Crippen LogP contribution in [-0.2, 0) is 9.53 Å². The number of hydrogen-bond acceptors (Lipinski definition) is 4. The summed E-state index contributed by atoms with van der Waals surface area (Å²) in [5.74, 6) is 0.662. The third-order valence-electron chi connectivity index (χ3n) is 4.60. The fraction of sp³-hybridized carbons (Fsp3) is 0.238. The number of carbonyl (C=O) groups excluding carboxylic acids is 1. The van der Waals surface area contributed by atoms with E-state index in [1.807, 2.05) is 55.5 Å². The molecule has 2 N–H and O–H groups in total. The molecule has 27 heavy (non-hydrogen) atoms. The van der Waals surface area contributed by atoms with Gasteiger partial charge in [0.25, 0.3) is 5.91 Å². The lowest BCUT2D eigenvalue weighted by Gasteiger charge is -2.13. The normalized spacial score (nSPS) is 16.4. The van der Waals surface area contributed by atoms with Crippen LogP contribution >= 0.6 is 11.6 Å². The highest BCUT2D eigenvalue weighted by atomic mass is 35.5. The lowest BCUT2D eigenvalue weighted by atomic mass is 10.1. The zero-order valence-corrected chi connectivity index (χ0v) is 15.7. The summed E-state index contributed by atoms with van der Waals surface area (Å²) in [6.45, 7) is 2.68. The van der Waals surface area contributed by atoms with Gasteiger partial charge in [0, 0.05) is 28.4 Å². The highest BCUT2D eigenvalue weighted by Crippen LogP contribution is 2.26. The molecule has 1 aliphatic heterocycles. The minimum Gasteiger partial charge on any atom is -0.368 e. The van der Waals surface area contributed by atoms with Crippen LogP contribution in [0.4, 0.5) is 17.2 Å². The Kier molecular flexibility index (Phi) is 4.97. The molecule has 2 heterocycles. The first kappa shape index (κ1) is 17.8. The molecule has 1 unspecified atom stereocenters. The average Bonchev–Trinajstić information content (AvgIpc) is 3.17. The molecule has 5 nitrogen and oxygen atoms in total. The molecule has 1 fully saturated rings. The Morgan fingerprint density at radius 2 is 2.07 bits per heavy atom. The van der Waals surface area contributed by atoms with Gasteiger partial charge in [-0.25, -0.2) is 4.98 Å². The van der Waals surface area contributed by atoms with E-state index < -0.39 is 0 Å². The number of aromatic nitrogens is 1. The molecule has 138 valence electrons. The van der Waals surface area contributed by atoms with Crippen molar-refractivity contribution in [3.05, 3.63) is 59.1 Å². The zero-order valence-electron chi connectivity index (χ0n) is 15.0. The summed E-state index contributed by atoms with van der Waals surface area (Å²) in [6.07, 6.45) is 1.36. The molecule has 1 amide bonds. The average molecular weight is 382 g/mol. The topological polar surface area (TPSA) is 63.2 Å². The number of nitrogens with zero attached hydrogens (tertiary/aromatic N) is 1. The van der Waals surface area contributed by atoms with Crippen LogP contribution in [0.2, 0.25) is 5.02 Å². The van der Waals surface area contributed by atoms with Crippen LogP contribution in [0.5, 0.6) is 0 Å². The summed E-state index contributed by atoms with van der Waals surface area (Å²) in [5, 5.41) is 7.89. The Morgan fingerprint density at radius 1 is 1.19 bits per heavy atom. The monoisotopic (exact) mass is 381 g/mol. The largest absolute Gasteiger partial charge is 0.368 e. The Bertz CT molecular complexity index is 1000. The van der Waals surface area contributed by atoms with Crippen LogP contribution in [0.25, 0.3) is 10.9 Å². The van der Waals surface area contributed by atoms with Crippen LogP contribution in [0.15, 0.2) is 48.5 Å². The number of carbonyl (C=O) groups is 1. The predicted molar refractivity (Wildman–Crippen MR) is 109 cm³/mol. The molecule has 3 aromatic rings. The first-order valence-electron chi connectivity index (χ1n) is 8.95. The Hall–Kier alpha value is -2.63. The molecule has 1 atom stereocenters. The van der Waals surface area contributed by atoms with E-state index in [0.29, 0.717) is 11.6 Å². The maximum atomic E-state index is 12.2. The van der Waals surface area contributed by atoms with Crippen molar-refractivity contribution in [3.63, 3.8) is 0 Å². The molecule has 0 spiro atoms. The van der Waals surface area contributed by atoms with Crippen LogP contribution in [0.1, 0.15) is 18.4 Å². The third kappa shape index (κ3) is 4.04. The standard InChI is InChI=1S/C21H20ClN3O2/c1-13-10-20(23-15-5-2-4-14(22)11-15)25-18-8-7-16(12-17(13)18)24-21(26)19-6-3-9-27-19/h2,4-5,7-8,10-12,19H,3,6,9H2,1H3,(H,23,25)(H,24,26). The lowest BCUT2D eigenvalue weighted by molar-refractivity contribution is -0.124. The molecule has 0 saturated carbocycles. The van der Waals surface area contributed by atoms with Crippen LogP contribution in [0, 0.1) is 6.92 Å². The summed E-state index contributed by atoms with van der Waals surface area (Å²) in [7, 11) is 0. The van der Waals surface area contributed by atoms with Crippen LogP contribution < -0.4 is 10.6 Å². The van der Waals surface area contributed by atoms with Gasteiger partial charge in [-0.3, -0.25) is 4.79 Å². The van der Waals surface area contributed by atoms with E-state index in [1.165, 1.54) is 0 Å². The zero-order chi connectivity index (χ0) is 18.8. The number of benzene rings is 2. The maximum absolute atomic E-state index is 12.2. The van der Waals surface area contributed by atoms with Gasteiger partial charge in [-0.05, 0) is 67.8 Å². The van der Waals surface area contributed by atoms with Crippen molar-refractivity contribution in [1.29, 1.82) is 0 Å². The van der Waals surface area contributed by atoms with E-state index in [2.05, 4.69) is 15.6 Å². The number of nitrogens with one attached hydrogen (secondary N) is 2. The molecule has 0 aliphatic carbocycles. The van der Waals surface area contributed by atoms with Crippen molar-refractivity contribution in [2.45, 2.75) is 25.9 Å². The number of halogens is 1. The quantitative estimate of drug-likeness (QED) is 0.663. The molecular weight excluding hydrogens is 362 g/mol. The van der Waals surface area contributed by atoms with Gasteiger partial charge in [0.15, 0.2) is 0 Å². The van der Waals surface area contributed by atoms with Gasteiger partial charge in [0.2, 0.25) is 0 Å². The SMILES string of the molecule is Cc1cc(Nc2cccc(Cl)c2)nc2ccc(NC(=O)C3CCCO3)cc12. The summed E-state index contributed by atoms with van der Waals surface area (Å²) in [4.78, 5) is 16.9. The smallest absolute Gasteiger partial charge is 0.253 e. The predicted octanol–water partition coefficient (Wildman–Crippen LogP) is 5.06. The number of fused-ring (bicyclic) bond motifs is 1. The van der Waals surface area contributed by atoms with E-state index in [1.54, 1.807) is 0 Å². The Morgan fingerprint density at radius 3 is 2.85 bits per heavy atom. The molecule has 1 aliphatic rings. The van der Waals surface area contributed by atoms with Crippen LogP contribution in [-0.4, -0.2) is 23.6 Å². The third-order valence-corrected chi connectivity index (χ3v) is 4.84. The Balaban J connectivity index is 1.57. The Labute approximate surface area is 162 Å². The molecule has 1 saturated heterocycles. The lowest BCUT2D eigenvalue weighted by Crippen LogP contribution is -2.26. The van der Waals surface area contributed by atoms with Crippen LogP contribution in [0.3, 0.4) is 0 Å². The number of aryl methyl sites for hydroxylation is 1. The molecule has 6 heteroatoms. The second-order valence-corrected chi connectivity index (χ2v) is 7.12. The van der Waals surface area contributed by atoms with E-state index in [-0.39, 0.29) is 12.0 Å². The number of ether oxygens (including phenoxy) is 1. The molecule has 2 aromatic carbocycles. The number of pyridine rings is 1. The van der Waals surface area contributed by atoms with Gasteiger partial charge in [0.1, 0.15) is 11.9 Å². The second kappa shape index (κ2) is 7.55. The molecule has 1 aromatic heterocycles. The van der Waals surface area contributed by atoms with E-state index in [9.17, 15) is 4.79 Å². The van der Waals surface area contributed by atoms with Gasteiger partial charge in [-0.2, -0.15) is 0 Å².